The number of carbonyl (C=O) groups is 1. The topological polar surface area (TPSA) is 67.6 Å². The van der Waals surface area contributed by atoms with Crippen LogP contribution in [0, 0.1) is 5.92 Å². The van der Waals surface area contributed by atoms with Gasteiger partial charge in [0.05, 0.1) is 16.9 Å². The first kappa shape index (κ1) is 20.7. The van der Waals surface area contributed by atoms with Crippen LogP contribution < -0.4 is 0 Å². The van der Waals surface area contributed by atoms with Gasteiger partial charge in [0.15, 0.2) is 9.84 Å². The average Bonchev–Trinajstić information content (AvgIpc) is 3.28. The van der Waals surface area contributed by atoms with Gasteiger partial charge in [0.25, 0.3) is 5.91 Å². The van der Waals surface area contributed by atoms with Crippen molar-refractivity contribution in [1.82, 2.24) is 4.90 Å². The van der Waals surface area contributed by atoms with E-state index in [1.807, 2.05) is 24.3 Å². The van der Waals surface area contributed by atoms with Crippen LogP contribution in [-0.4, -0.2) is 38.1 Å². The van der Waals surface area contributed by atoms with Crippen molar-refractivity contribution in [2.75, 3.05) is 18.8 Å². The van der Waals surface area contributed by atoms with Crippen molar-refractivity contribution in [3.8, 4) is 11.3 Å². The maximum atomic E-state index is 13.1. The van der Waals surface area contributed by atoms with E-state index in [-0.39, 0.29) is 22.5 Å². The molecular formula is C23H22ClNO4S. The first-order valence-electron chi connectivity index (χ1n) is 9.84. The lowest BCUT2D eigenvalue weighted by Crippen LogP contribution is -2.41. The second-order valence-electron chi connectivity index (χ2n) is 7.55. The number of likely N-dealkylation sites (tertiary alicyclic amines) is 1. The molecule has 3 aromatic rings. The number of hydrogen-bond acceptors (Lipinski definition) is 4. The van der Waals surface area contributed by atoms with E-state index in [9.17, 15) is 13.2 Å². The van der Waals surface area contributed by atoms with Crippen LogP contribution in [0.2, 0.25) is 5.02 Å². The summed E-state index contributed by atoms with van der Waals surface area (Å²) in [4.78, 5) is 15.1. The lowest BCUT2D eigenvalue weighted by atomic mass is 9.99. The number of sulfone groups is 1. The summed E-state index contributed by atoms with van der Waals surface area (Å²) in [6, 6.07) is 17.2. The van der Waals surface area contributed by atoms with E-state index >= 15 is 0 Å². The van der Waals surface area contributed by atoms with Crippen molar-refractivity contribution >= 4 is 27.3 Å². The minimum absolute atomic E-state index is 0.0187. The maximum Gasteiger partial charge on any atom is 0.253 e. The highest BCUT2D eigenvalue weighted by molar-refractivity contribution is 7.91. The number of nitrogens with zero attached hydrogens (tertiary/aromatic N) is 1. The van der Waals surface area contributed by atoms with Crippen LogP contribution in [0.4, 0.5) is 0 Å². The van der Waals surface area contributed by atoms with E-state index in [1.54, 1.807) is 35.4 Å². The molecule has 0 bridgehead atoms. The fraction of sp³-hybridized carbons (Fsp3) is 0.261. The molecular weight excluding hydrogens is 422 g/mol. The maximum absolute atomic E-state index is 13.1. The van der Waals surface area contributed by atoms with E-state index in [4.69, 9.17) is 16.0 Å². The molecule has 0 saturated carbocycles. The average molecular weight is 444 g/mol. The van der Waals surface area contributed by atoms with Crippen LogP contribution in [0.15, 0.2) is 76.2 Å². The van der Waals surface area contributed by atoms with Gasteiger partial charge in [-0.1, -0.05) is 23.7 Å². The summed E-state index contributed by atoms with van der Waals surface area (Å²) in [5, 5.41) is 0.500. The summed E-state index contributed by atoms with van der Waals surface area (Å²) in [6.45, 7) is 1.05. The Balaban J connectivity index is 1.47. The zero-order valence-electron chi connectivity index (χ0n) is 16.3. The van der Waals surface area contributed by atoms with Crippen molar-refractivity contribution in [2.45, 2.75) is 17.7 Å². The second kappa shape index (κ2) is 8.66. The smallest absolute Gasteiger partial charge is 0.253 e. The summed E-state index contributed by atoms with van der Waals surface area (Å²) >= 11 is 5.86. The third kappa shape index (κ3) is 4.60. The molecule has 1 unspecified atom stereocenters. The summed E-state index contributed by atoms with van der Waals surface area (Å²) in [5.74, 6) is 0.536. The number of halogens is 1. The molecule has 30 heavy (non-hydrogen) atoms. The number of amides is 1. The minimum Gasteiger partial charge on any atom is -0.464 e. The summed E-state index contributed by atoms with van der Waals surface area (Å²) in [7, 11) is -3.44. The standard InChI is InChI=1S/C23H22ClNO4S/c24-20-8-10-21(11-9-20)30(27,28)16-17-4-2-12-25(15-17)23(26)19-6-1-5-18(14-19)22-7-3-13-29-22/h1,3,5-11,13-14,17H,2,4,12,15-16H2. The molecule has 1 aliphatic heterocycles. The van der Waals surface area contributed by atoms with Gasteiger partial charge in [-0.3, -0.25) is 4.79 Å². The van der Waals surface area contributed by atoms with Crippen LogP contribution in [0.5, 0.6) is 0 Å². The van der Waals surface area contributed by atoms with Gasteiger partial charge in [-0.15, -0.1) is 0 Å². The number of benzene rings is 2. The summed E-state index contributed by atoms with van der Waals surface area (Å²) < 4.78 is 31.0. The fourth-order valence-corrected chi connectivity index (χ4v) is 5.63. The number of carbonyl (C=O) groups excluding carboxylic acids is 1. The molecule has 1 amide bonds. The first-order valence-corrected chi connectivity index (χ1v) is 11.9. The van der Waals surface area contributed by atoms with Crippen LogP contribution in [0.25, 0.3) is 11.3 Å². The molecule has 1 fully saturated rings. The van der Waals surface area contributed by atoms with E-state index in [2.05, 4.69) is 0 Å². The van der Waals surface area contributed by atoms with Gasteiger partial charge < -0.3 is 9.32 Å². The van der Waals surface area contributed by atoms with E-state index in [0.29, 0.717) is 29.4 Å². The Morgan fingerprint density at radius 2 is 1.90 bits per heavy atom. The Labute approximate surface area is 181 Å². The van der Waals surface area contributed by atoms with Crippen LogP contribution >= 0.6 is 11.6 Å². The Morgan fingerprint density at radius 3 is 2.63 bits per heavy atom. The van der Waals surface area contributed by atoms with Crippen LogP contribution in [0.1, 0.15) is 23.2 Å². The third-order valence-corrected chi connectivity index (χ3v) is 7.50. The third-order valence-electron chi connectivity index (χ3n) is 5.35. The van der Waals surface area contributed by atoms with Crippen molar-refractivity contribution in [1.29, 1.82) is 0 Å². The molecule has 1 aromatic heterocycles. The Bertz CT molecular complexity index is 1120. The highest BCUT2D eigenvalue weighted by atomic mass is 35.5. The molecule has 0 spiro atoms. The van der Waals surface area contributed by atoms with Gasteiger partial charge in [0, 0.05) is 29.2 Å². The fourth-order valence-electron chi connectivity index (χ4n) is 3.86. The highest BCUT2D eigenvalue weighted by Gasteiger charge is 2.29. The van der Waals surface area contributed by atoms with Crippen LogP contribution in [0.3, 0.4) is 0 Å². The molecule has 5 nitrogen and oxygen atoms in total. The monoisotopic (exact) mass is 443 g/mol. The number of furan rings is 1. The SMILES string of the molecule is O=C(c1cccc(-c2ccco2)c1)N1CCCC(CS(=O)(=O)c2ccc(Cl)cc2)C1. The molecule has 0 aliphatic carbocycles. The highest BCUT2D eigenvalue weighted by Crippen LogP contribution is 2.26. The number of hydrogen-bond donors (Lipinski definition) is 0. The molecule has 7 heteroatoms. The largest absolute Gasteiger partial charge is 0.464 e. The van der Waals surface area contributed by atoms with Gasteiger partial charge >= 0.3 is 0 Å². The molecule has 0 N–H and O–H groups in total. The number of piperidine rings is 1. The van der Waals surface area contributed by atoms with Gasteiger partial charge in [-0.05, 0) is 67.3 Å². The molecule has 2 aromatic carbocycles. The Kier molecular flexibility index (Phi) is 5.97. The van der Waals surface area contributed by atoms with Crippen molar-refractivity contribution in [3.63, 3.8) is 0 Å². The van der Waals surface area contributed by atoms with Crippen LogP contribution in [-0.2, 0) is 9.84 Å². The Hall–Kier alpha value is -2.57. The number of rotatable bonds is 5. The lowest BCUT2D eigenvalue weighted by Gasteiger charge is -2.32. The van der Waals surface area contributed by atoms with Crippen molar-refractivity contribution in [2.24, 2.45) is 5.92 Å². The quantitative estimate of drug-likeness (QED) is 0.561. The predicted molar refractivity (Wildman–Crippen MR) is 116 cm³/mol. The normalized spacial score (nSPS) is 17.1. The molecule has 4 rings (SSSR count). The Morgan fingerprint density at radius 1 is 1.10 bits per heavy atom. The molecule has 156 valence electrons. The van der Waals surface area contributed by atoms with Gasteiger partial charge in [-0.25, -0.2) is 8.42 Å². The summed E-state index contributed by atoms with van der Waals surface area (Å²) in [6.07, 6.45) is 3.16. The summed E-state index contributed by atoms with van der Waals surface area (Å²) in [5.41, 5.74) is 1.41. The van der Waals surface area contributed by atoms with Crippen molar-refractivity contribution < 1.29 is 17.6 Å². The molecule has 1 atom stereocenters. The van der Waals surface area contributed by atoms with Crippen molar-refractivity contribution in [3.05, 3.63) is 77.5 Å². The van der Waals surface area contributed by atoms with E-state index in [1.165, 1.54) is 12.1 Å². The second-order valence-corrected chi connectivity index (χ2v) is 10.0. The van der Waals surface area contributed by atoms with Gasteiger partial charge in [0.1, 0.15) is 5.76 Å². The molecule has 1 saturated heterocycles. The lowest BCUT2D eigenvalue weighted by molar-refractivity contribution is 0.0684. The zero-order chi connectivity index (χ0) is 21.1. The van der Waals surface area contributed by atoms with Gasteiger partial charge in [0.2, 0.25) is 0 Å². The zero-order valence-corrected chi connectivity index (χ0v) is 17.9. The molecule has 2 heterocycles. The first-order chi connectivity index (χ1) is 14.4. The molecule has 0 radical (unpaired) electrons. The predicted octanol–water partition coefficient (Wildman–Crippen LogP) is 4.93. The van der Waals surface area contributed by atoms with E-state index in [0.717, 1.165) is 18.4 Å². The minimum atomic E-state index is -3.44. The van der Waals surface area contributed by atoms with E-state index < -0.39 is 9.84 Å². The van der Waals surface area contributed by atoms with Gasteiger partial charge in [-0.2, -0.15) is 0 Å². The molecule has 1 aliphatic rings.